The van der Waals surface area contributed by atoms with Crippen LogP contribution in [0.25, 0.3) is 0 Å². The van der Waals surface area contributed by atoms with Crippen LogP contribution in [0.3, 0.4) is 0 Å². The van der Waals surface area contributed by atoms with Crippen molar-refractivity contribution in [2.24, 2.45) is 0 Å². The molecule has 0 saturated heterocycles. The van der Waals surface area contributed by atoms with E-state index in [1.165, 1.54) is 5.56 Å². The molecule has 0 spiro atoms. The number of likely N-dealkylation sites (N-methyl/N-ethyl adjacent to an activating group) is 1. The van der Waals surface area contributed by atoms with Crippen LogP contribution in [-0.2, 0) is 0 Å². The second kappa shape index (κ2) is 6.38. The summed E-state index contributed by atoms with van der Waals surface area (Å²) in [5, 5.41) is 3.21. The van der Waals surface area contributed by atoms with Crippen molar-refractivity contribution < 1.29 is 9.47 Å². The number of nitrogens with one attached hydrogen (secondary N) is 1. The first-order valence-corrected chi connectivity index (χ1v) is 5.63. The maximum absolute atomic E-state index is 5.39. The number of hydrogen-bond donors (Lipinski definition) is 1. The highest BCUT2D eigenvalue weighted by molar-refractivity contribution is 5.42. The van der Waals surface area contributed by atoms with Crippen molar-refractivity contribution in [3.05, 3.63) is 23.8 Å². The molecule has 0 heterocycles. The Morgan fingerprint density at radius 1 is 1.25 bits per heavy atom. The van der Waals surface area contributed by atoms with Crippen molar-refractivity contribution in [2.75, 3.05) is 27.8 Å². The fourth-order valence-electron chi connectivity index (χ4n) is 1.88. The van der Waals surface area contributed by atoms with Crippen molar-refractivity contribution >= 4 is 0 Å². The number of benzene rings is 1. The van der Waals surface area contributed by atoms with Crippen LogP contribution in [-0.4, -0.2) is 27.8 Å². The summed E-state index contributed by atoms with van der Waals surface area (Å²) in [4.78, 5) is 0. The molecule has 0 aliphatic heterocycles. The molecule has 1 unspecified atom stereocenters. The molecule has 0 aromatic heterocycles. The van der Waals surface area contributed by atoms with Gasteiger partial charge in [0.15, 0.2) is 0 Å². The first-order valence-electron chi connectivity index (χ1n) is 5.63. The van der Waals surface area contributed by atoms with Crippen LogP contribution in [0, 0.1) is 0 Å². The van der Waals surface area contributed by atoms with E-state index in [-0.39, 0.29) is 0 Å². The second-order valence-corrected chi connectivity index (χ2v) is 3.77. The Balaban J connectivity index is 3.05. The van der Waals surface area contributed by atoms with Gasteiger partial charge in [-0.05, 0) is 37.6 Å². The monoisotopic (exact) mass is 223 g/mol. The fourth-order valence-corrected chi connectivity index (χ4v) is 1.88. The third-order valence-corrected chi connectivity index (χ3v) is 2.82. The summed E-state index contributed by atoms with van der Waals surface area (Å²) < 4.78 is 10.6. The third-order valence-electron chi connectivity index (χ3n) is 2.82. The molecule has 90 valence electrons. The Hall–Kier alpha value is -1.22. The zero-order chi connectivity index (χ0) is 12.0. The van der Waals surface area contributed by atoms with Crippen LogP contribution < -0.4 is 14.8 Å². The smallest absolute Gasteiger partial charge is 0.122 e. The molecule has 0 amide bonds. The molecule has 3 heteroatoms. The molecular weight excluding hydrogens is 202 g/mol. The van der Waals surface area contributed by atoms with Gasteiger partial charge in [0, 0.05) is 12.1 Å². The summed E-state index contributed by atoms with van der Waals surface area (Å²) in [6.45, 7) is 3.13. The van der Waals surface area contributed by atoms with Crippen molar-refractivity contribution in [3.63, 3.8) is 0 Å². The van der Waals surface area contributed by atoms with E-state index in [0.29, 0.717) is 5.92 Å². The number of ether oxygens (including phenoxy) is 2. The van der Waals surface area contributed by atoms with Crippen LogP contribution in [0.2, 0.25) is 0 Å². The number of methoxy groups -OCH3 is 2. The zero-order valence-corrected chi connectivity index (χ0v) is 10.5. The lowest BCUT2D eigenvalue weighted by Gasteiger charge is -2.18. The van der Waals surface area contributed by atoms with Crippen LogP contribution in [0.1, 0.15) is 24.8 Å². The summed E-state index contributed by atoms with van der Waals surface area (Å²) in [5.41, 5.74) is 1.21. The maximum Gasteiger partial charge on any atom is 0.122 e. The molecule has 1 rings (SSSR count). The zero-order valence-electron chi connectivity index (χ0n) is 10.5. The molecule has 0 aliphatic rings. The fraction of sp³-hybridized carbons (Fsp3) is 0.538. The van der Waals surface area contributed by atoms with Gasteiger partial charge in [-0.2, -0.15) is 0 Å². The van der Waals surface area contributed by atoms with Crippen LogP contribution >= 0.6 is 0 Å². The van der Waals surface area contributed by atoms with Gasteiger partial charge in [-0.3, -0.25) is 0 Å². The second-order valence-electron chi connectivity index (χ2n) is 3.77. The maximum atomic E-state index is 5.39. The van der Waals surface area contributed by atoms with Gasteiger partial charge in [0.05, 0.1) is 14.2 Å². The summed E-state index contributed by atoms with van der Waals surface area (Å²) in [7, 11) is 5.36. The average Bonchev–Trinajstić information content (AvgIpc) is 2.35. The van der Waals surface area contributed by atoms with E-state index in [1.807, 2.05) is 19.2 Å². The molecule has 16 heavy (non-hydrogen) atoms. The summed E-state index contributed by atoms with van der Waals surface area (Å²) in [5.74, 6) is 2.27. The Labute approximate surface area is 97.8 Å². The van der Waals surface area contributed by atoms with E-state index in [0.717, 1.165) is 24.5 Å². The van der Waals surface area contributed by atoms with E-state index in [4.69, 9.17) is 9.47 Å². The van der Waals surface area contributed by atoms with Gasteiger partial charge in [0.25, 0.3) is 0 Å². The Kier molecular flexibility index (Phi) is 5.12. The highest BCUT2D eigenvalue weighted by Gasteiger charge is 2.14. The van der Waals surface area contributed by atoms with E-state index in [1.54, 1.807) is 14.2 Å². The average molecular weight is 223 g/mol. The first kappa shape index (κ1) is 12.8. The summed E-state index contributed by atoms with van der Waals surface area (Å²) in [6, 6.07) is 5.95. The minimum absolute atomic E-state index is 0.454. The van der Waals surface area contributed by atoms with Gasteiger partial charge in [0.2, 0.25) is 0 Å². The van der Waals surface area contributed by atoms with Crippen LogP contribution in [0.5, 0.6) is 11.5 Å². The molecule has 0 aliphatic carbocycles. The minimum Gasteiger partial charge on any atom is -0.497 e. The summed E-state index contributed by atoms with van der Waals surface area (Å²) >= 11 is 0. The lowest BCUT2D eigenvalue weighted by Crippen LogP contribution is -2.17. The van der Waals surface area contributed by atoms with Gasteiger partial charge in [0.1, 0.15) is 11.5 Å². The van der Waals surface area contributed by atoms with Crippen molar-refractivity contribution in [3.8, 4) is 11.5 Å². The molecular formula is C13H21NO2. The molecule has 0 fully saturated rings. The number of rotatable bonds is 6. The molecule has 3 nitrogen and oxygen atoms in total. The van der Waals surface area contributed by atoms with Gasteiger partial charge in [-0.15, -0.1) is 0 Å². The van der Waals surface area contributed by atoms with Gasteiger partial charge in [-0.25, -0.2) is 0 Å². The van der Waals surface area contributed by atoms with Crippen molar-refractivity contribution in [2.45, 2.75) is 19.3 Å². The number of hydrogen-bond acceptors (Lipinski definition) is 3. The lowest BCUT2D eigenvalue weighted by molar-refractivity contribution is 0.393. The van der Waals surface area contributed by atoms with E-state index in [2.05, 4.69) is 18.3 Å². The van der Waals surface area contributed by atoms with Crippen molar-refractivity contribution in [1.29, 1.82) is 0 Å². The van der Waals surface area contributed by atoms with Crippen molar-refractivity contribution in [1.82, 2.24) is 5.32 Å². The first-order chi connectivity index (χ1) is 7.76. The van der Waals surface area contributed by atoms with Gasteiger partial charge >= 0.3 is 0 Å². The molecule has 0 bridgehead atoms. The molecule has 1 N–H and O–H groups in total. The summed E-state index contributed by atoms with van der Waals surface area (Å²) in [6.07, 6.45) is 1.07. The Bertz CT molecular complexity index is 326. The quantitative estimate of drug-likeness (QED) is 0.803. The van der Waals surface area contributed by atoms with Gasteiger partial charge in [-0.1, -0.05) is 6.92 Å². The van der Waals surface area contributed by atoms with Crippen LogP contribution in [0.4, 0.5) is 0 Å². The topological polar surface area (TPSA) is 30.5 Å². The predicted molar refractivity (Wildman–Crippen MR) is 66.5 cm³/mol. The van der Waals surface area contributed by atoms with E-state index >= 15 is 0 Å². The highest BCUT2D eigenvalue weighted by atomic mass is 16.5. The molecule has 0 radical (unpaired) electrons. The van der Waals surface area contributed by atoms with Gasteiger partial charge < -0.3 is 14.8 Å². The predicted octanol–water partition coefficient (Wildman–Crippen LogP) is 2.42. The SMILES string of the molecule is CCC(CNC)c1cc(OC)ccc1OC. The lowest BCUT2D eigenvalue weighted by atomic mass is 9.95. The molecule has 1 aromatic rings. The standard InChI is InChI=1S/C13H21NO2/c1-5-10(9-14-2)12-8-11(15-3)6-7-13(12)16-4/h6-8,10,14H,5,9H2,1-4H3. The molecule has 1 aromatic carbocycles. The Morgan fingerprint density at radius 2 is 2.00 bits per heavy atom. The third kappa shape index (κ3) is 2.89. The largest absolute Gasteiger partial charge is 0.497 e. The highest BCUT2D eigenvalue weighted by Crippen LogP contribution is 2.31. The molecule has 0 saturated carbocycles. The minimum atomic E-state index is 0.454. The normalized spacial score (nSPS) is 12.2. The Morgan fingerprint density at radius 3 is 2.50 bits per heavy atom. The van der Waals surface area contributed by atoms with E-state index in [9.17, 15) is 0 Å². The van der Waals surface area contributed by atoms with Crippen LogP contribution in [0.15, 0.2) is 18.2 Å². The van der Waals surface area contributed by atoms with E-state index < -0.39 is 0 Å². The molecule has 1 atom stereocenters.